The predicted octanol–water partition coefficient (Wildman–Crippen LogP) is 5.79. The molecule has 0 saturated heterocycles. The molecule has 8 heteroatoms. The highest BCUT2D eigenvalue weighted by atomic mass is 32.2. The number of fused-ring (bicyclic) bond motifs is 5. The summed E-state index contributed by atoms with van der Waals surface area (Å²) in [4.78, 5) is 16.1. The van der Waals surface area contributed by atoms with E-state index in [-0.39, 0.29) is 11.7 Å². The van der Waals surface area contributed by atoms with E-state index in [1.54, 1.807) is 27.7 Å². The number of benzene rings is 2. The van der Waals surface area contributed by atoms with E-state index in [1.807, 2.05) is 49.4 Å². The van der Waals surface area contributed by atoms with Crippen molar-refractivity contribution in [1.29, 1.82) is 0 Å². The first kappa shape index (κ1) is 22.5. The zero-order valence-corrected chi connectivity index (χ0v) is 21.5. The molecule has 35 heavy (non-hydrogen) atoms. The van der Waals surface area contributed by atoms with Gasteiger partial charge in [0.1, 0.15) is 4.83 Å². The van der Waals surface area contributed by atoms with E-state index in [0.29, 0.717) is 18.3 Å². The van der Waals surface area contributed by atoms with Gasteiger partial charge in [-0.15, -0.1) is 21.5 Å². The number of hydrogen-bond acceptors (Lipinski definition) is 6. The van der Waals surface area contributed by atoms with Crippen LogP contribution >= 0.6 is 23.1 Å². The van der Waals surface area contributed by atoms with Crippen molar-refractivity contribution < 1.29 is 4.74 Å². The van der Waals surface area contributed by atoms with Crippen LogP contribution in [0.25, 0.3) is 21.7 Å². The molecule has 0 N–H and O–H groups in total. The third kappa shape index (κ3) is 3.90. The van der Waals surface area contributed by atoms with E-state index in [2.05, 4.69) is 40.6 Å². The summed E-state index contributed by atoms with van der Waals surface area (Å²) in [7, 11) is 0. The summed E-state index contributed by atoms with van der Waals surface area (Å²) < 4.78 is 9.93. The summed E-state index contributed by atoms with van der Waals surface area (Å²) in [6.07, 6.45) is 0.854. The van der Waals surface area contributed by atoms with Crippen LogP contribution < -0.4 is 5.56 Å². The molecule has 0 radical (unpaired) electrons. The first-order valence-electron chi connectivity index (χ1n) is 11.8. The highest BCUT2D eigenvalue weighted by Gasteiger charge is 2.30. The maximum atomic E-state index is 14.1. The lowest BCUT2D eigenvalue weighted by Gasteiger charge is -2.26. The van der Waals surface area contributed by atoms with Crippen molar-refractivity contribution in [3.63, 3.8) is 0 Å². The topological polar surface area (TPSA) is 61.4 Å². The molecule has 0 saturated carbocycles. The summed E-state index contributed by atoms with van der Waals surface area (Å²) in [6, 6.07) is 18.3. The van der Waals surface area contributed by atoms with Gasteiger partial charge in [-0.2, -0.15) is 0 Å². The highest BCUT2D eigenvalue weighted by molar-refractivity contribution is 7.98. The average Bonchev–Trinajstić information content (AvgIpc) is 3.45. The minimum atomic E-state index is -0.0368. The number of ether oxygens (including phenoxy) is 1. The zero-order valence-electron chi connectivity index (χ0n) is 19.9. The highest BCUT2D eigenvalue weighted by Crippen LogP contribution is 2.38. The third-order valence-electron chi connectivity index (χ3n) is 6.59. The normalized spacial score (nSPS) is 15.8. The van der Waals surface area contributed by atoms with E-state index in [1.165, 1.54) is 5.56 Å². The Morgan fingerprint density at radius 1 is 1.11 bits per heavy atom. The van der Waals surface area contributed by atoms with Crippen LogP contribution in [0.1, 0.15) is 35.4 Å². The molecule has 1 atom stereocenters. The standard InChI is InChI=1S/C27H26N4O2S2/c1-16(2)21-13-20-22(14-33-21)35-25-23(20)24(32)30(19-11-9-17(3)10-12-19)26-28-29-27(31(25)26)34-15-18-7-5-4-6-8-18/h4-12,16,21H,13-15H2,1-3H3. The molecule has 178 valence electrons. The van der Waals surface area contributed by atoms with Gasteiger partial charge in [-0.25, -0.2) is 8.97 Å². The Bertz CT molecular complexity index is 1580. The minimum absolute atomic E-state index is 0.0368. The molecule has 3 aromatic heterocycles. The molecule has 0 fully saturated rings. The van der Waals surface area contributed by atoms with Gasteiger partial charge in [-0.3, -0.25) is 4.79 Å². The van der Waals surface area contributed by atoms with Crippen LogP contribution in [-0.2, 0) is 23.5 Å². The molecule has 1 aliphatic heterocycles. The van der Waals surface area contributed by atoms with E-state index in [9.17, 15) is 4.79 Å². The molecule has 1 aliphatic rings. The van der Waals surface area contributed by atoms with Crippen molar-refractivity contribution in [3.05, 3.63) is 86.5 Å². The van der Waals surface area contributed by atoms with Gasteiger partial charge < -0.3 is 4.74 Å². The average molecular weight is 503 g/mol. The van der Waals surface area contributed by atoms with Gasteiger partial charge in [0, 0.05) is 17.1 Å². The molecular formula is C27H26N4O2S2. The van der Waals surface area contributed by atoms with Gasteiger partial charge in [0.05, 0.1) is 23.8 Å². The van der Waals surface area contributed by atoms with Crippen LogP contribution in [0.2, 0.25) is 0 Å². The Hall–Kier alpha value is -2.94. The lowest BCUT2D eigenvalue weighted by atomic mass is 9.96. The lowest BCUT2D eigenvalue weighted by molar-refractivity contribution is 0.00200. The van der Waals surface area contributed by atoms with Gasteiger partial charge in [-0.1, -0.05) is 73.6 Å². The van der Waals surface area contributed by atoms with Gasteiger partial charge in [0.2, 0.25) is 5.78 Å². The Balaban J connectivity index is 1.59. The largest absolute Gasteiger partial charge is 0.372 e. The number of rotatable bonds is 5. The molecule has 0 amide bonds. The molecule has 0 bridgehead atoms. The zero-order chi connectivity index (χ0) is 24.1. The molecule has 4 heterocycles. The van der Waals surface area contributed by atoms with Crippen LogP contribution in [0.3, 0.4) is 0 Å². The molecule has 5 aromatic rings. The van der Waals surface area contributed by atoms with Gasteiger partial charge in [0.25, 0.3) is 5.56 Å². The molecular weight excluding hydrogens is 476 g/mol. The molecule has 0 aliphatic carbocycles. The molecule has 0 spiro atoms. The molecule has 6 nitrogen and oxygen atoms in total. The second-order valence-corrected chi connectivity index (χ2v) is 11.4. The minimum Gasteiger partial charge on any atom is -0.372 e. The summed E-state index contributed by atoms with van der Waals surface area (Å²) in [5.74, 6) is 1.70. The van der Waals surface area contributed by atoms with E-state index >= 15 is 0 Å². The van der Waals surface area contributed by atoms with Crippen LogP contribution in [0, 0.1) is 12.8 Å². The quantitative estimate of drug-likeness (QED) is 0.285. The number of hydrogen-bond donors (Lipinski definition) is 0. The van der Waals surface area contributed by atoms with Crippen molar-refractivity contribution in [2.45, 2.75) is 50.8 Å². The van der Waals surface area contributed by atoms with E-state index in [4.69, 9.17) is 4.74 Å². The molecule has 6 rings (SSSR count). The Morgan fingerprint density at radius 3 is 2.63 bits per heavy atom. The van der Waals surface area contributed by atoms with Crippen LogP contribution in [0.5, 0.6) is 0 Å². The van der Waals surface area contributed by atoms with Crippen LogP contribution in [0.15, 0.2) is 64.5 Å². The first-order valence-corrected chi connectivity index (χ1v) is 13.6. The molecule has 2 aromatic carbocycles. The van der Waals surface area contributed by atoms with Crippen LogP contribution in [-0.4, -0.2) is 25.3 Å². The fraction of sp³-hybridized carbons (Fsp3) is 0.296. The Kier molecular flexibility index (Phi) is 5.75. The smallest absolute Gasteiger partial charge is 0.268 e. The first-order chi connectivity index (χ1) is 17.0. The van der Waals surface area contributed by atoms with Gasteiger partial charge >= 0.3 is 0 Å². The maximum Gasteiger partial charge on any atom is 0.268 e. The van der Waals surface area contributed by atoms with Crippen molar-refractivity contribution in [3.8, 4) is 5.69 Å². The van der Waals surface area contributed by atoms with Gasteiger partial charge in [-0.05, 0) is 36.1 Å². The Labute approximate surface area is 211 Å². The van der Waals surface area contributed by atoms with Crippen molar-refractivity contribution in [2.75, 3.05) is 0 Å². The van der Waals surface area contributed by atoms with Crippen molar-refractivity contribution in [1.82, 2.24) is 19.2 Å². The Morgan fingerprint density at radius 2 is 1.89 bits per heavy atom. The fourth-order valence-corrected chi connectivity index (χ4v) is 6.80. The third-order valence-corrected chi connectivity index (χ3v) is 8.78. The number of aromatic nitrogens is 4. The van der Waals surface area contributed by atoms with Crippen molar-refractivity contribution in [2.24, 2.45) is 5.92 Å². The van der Waals surface area contributed by atoms with E-state index in [0.717, 1.165) is 49.2 Å². The second-order valence-electron chi connectivity index (χ2n) is 9.35. The second kappa shape index (κ2) is 8.93. The number of thiophene rings is 1. The number of nitrogens with zero attached hydrogens (tertiary/aromatic N) is 4. The monoisotopic (exact) mass is 502 g/mol. The summed E-state index contributed by atoms with van der Waals surface area (Å²) in [5, 5.41) is 10.6. The van der Waals surface area contributed by atoms with Gasteiger partial charge in [0.15, 0.2) is 5.16 Å². The lowest BCUT2D eigenvalue weighted by Crippen LogP contribution is -2.28. The summed E-state index contributed by atoms with van der Waals surface area (Å²) in [5.41, 5.74) is 4.24. The fourth-order valence-electron chi connectivity index (χ4n) is 4.61. The van der Waals surface area contributed by atoms with Crippen LogP contribution in [0.4, 0.5) is 0 Å². The van der Waals surface area contributed by atoms with E-state index < -0.39 is 0 Å². The van der Waals surface area contributed by atoms with Crippen molar-refractivity contribution >= 4 is 39.1 Å². The number of thioether (sulfide) groups is 1. The summed E-state index contributed by atoms with van der Waals surface area (Å²) >= 11 is 3.27. The predicted molar refractivity (Wildman–Crippen MR) is 142 cm³/mol. The maximum absolute atomic E-state index is 14.1. The SMILES string of the molecule is Cc1ccc(-n2c(=O)c3c4c(sc3n3c(SCc5ccccc5)nnc23)COC(C(C)C)C4)cc1. The molecule has 1 unspecified atom stereocenters. The number of aryl methyl sites for hydroxylation is 1. The summed E-state index contributed by atoms with van der Waals surface area (Å²) in [6.45, 7) is 6.93.